The summed E-state index contributed by atoms with van der Waals surface area (Å²) in [5, 5.41) is 6.34. The van der Waals surface area contributed by atoms with Gasteiger partial charge in [0.15, 0.2) is 0 Å². The Morgan fingerprint density at radius 3 is 2.52 bits per heavy atom. The van der Waals surface area contributed by atoms with Crippen molar-refractivity contribution in [3.05, 3.63) is 0 Å². The third kappa shape index (κ3) is 8.76. The minimum atomic E-state index is -0.219. The molecule has 1 aliphatic rings. The van der Waals surface area contributed by atoms with Crippen LogP contribution in [0, 0.1) is 0 Å². The van der Waals surface area contributed by atoms with Gasteiger partial charge in [-0.25, -0.2) is 4.79 Å². The minimum Gasteiger partial charge on any atom is -0.450 e. The molecule has 0 bridgehead atoms. The fraction of sp³-hybridized carbons (Fsp3) is 0.875. The first-order valence-electron chi connectivity index (χ1n) is 8.59. The highest BCUT2D eigenvalue weighted by Gasteiger charge is 2.23. The summed E-state index contributed by atoms with van der Waals surface area (Å²) >= 11 is 0. The quantitative estimate of drug-likeness (QED) is 0.608. The van der Waals surface area contributed by atoms with E-state index in [4.69, 9.17) is 4.74 Å². The van der Waals surface area contributed by atoms with Crippen molar-refractivity contribution in [3.63, 3.8) is 0 Å². The Morgan fingerprint density at radius 2 is 1.91 bits per heavy atom. The zero-order valence-corrected chi connectivity index (χ0v) is 14.8. The van der Waals surface area contributed by atoms with E-state index < -0.39 is 0 Å². The van der Waals surface area contributed by atoms with Gasteiger partial charge >= 0.3 is 6.09 Å². The maximum absolute atomic E-state index is 11.7. The number of piperidine rings is 1. The van der Waals surface area contributed by atoms with E-state index in [1.165, 1.54) is 0 Å². The summed E-state index contributed by atoms with van der Waals surface area (Å²) in [7, 11) is 4.05. The summed E-state index contributed by atoms with van der Waals surface area (Å²) in [5.74, 6) is 0.0974. The molecule has 0 aromatic carbocycles. The molecule has 0 saturated carbocycles. The van der Waals surface area contributed by atoms with E-state index in [1.54, 1.807) is 4.90 Å². The molecule has 1 rings (SSSR count). The van der Waals surface area contributed by atoms with E-state index in [0.29, 0.717) is 38.7 Å². The number of rotatable bonds is 9. The van der Waals surface area contributed by atoms with Gasteiger partial charge in [-0.05, 0) is 46.8 Å². The van der Waals surface area contributed by atoms with Crippen molar-refractivity contribution < 1.29 is 14.3 Å². The molecule has 23 heavy (non-hydrogen) atoms. The predicted octanol–water partition coefficient (Wildman–Crippen LogP) is 0.655. The number of carbonyl (C=O) groups is 2. The molecule has 2 amide bonds. The molecule has 0 atom stereocenters. The molecule has 1 saturated heterocycles. The second-order valence-corrected chi connectivity index (χ2v) is 6.17. The summed E-state index contributed by atoms with van der Waals surface area (Å²) < 4.78 is 5.00. The summed E-state index contributed by atoms with van der Waals surface area (Å²) in [6, 6.07) is 0.377. The first-order valence-corrected chi connectivity index (χ1v) is 8.59. The Balaban J connectivity index is 2.04. The van der Waals surface area contributed by atoms with Crippen molar-refractivity contribution in [1.82, 2.24) is 20.4 Å². The highest BCUT2D eigenvalue weighted by molar-refractivity contribution is 5.76. The van der Waals surface area contributed by atoms with Crippen LogP contribution in [0.25, 0.3) is 0 Å². The highest BCUT2D eigenvalue weighted by atomic mass is 16.6. The molecule has 1 heterocycles. The van der Waals surface area contributed by atoms with Crippen LogP contribution in [0.15, 0.2) is 0 Å². The van der Waals surface area contributed by atoms with Gasteiger partial charge in [0, 0.05) is 38.6 Å². The summed E-state index contributed by atoms with van der Waals surface area (Å²) in [6.45, 7) is 6.06. The van der Waals surface area contributed by atoms with Gasteiger partial charge in [-0.1, -0.05) is 0 Å². The van der Waals surface area contributed by atoms with E-state index in [0.717, 1.165) is 32.4 Å². The third-order valence-corrected chi connectivity index (χ3v) is 3.91. The lowest BCUT2D eigenvalue weighted by Gasteiger charge is -2.31. The van der Waals surface area contributed by atoms with E-state index in [9.17, 15) is 9.59 Å². The molecular formula is C16H32N4O3. The van der Waals surface area contributed by atoms with Crippen LogP contribution in [0.5, 0.6) is 0 Å². The van der Waals surface area contributed by atoms with Crippen molar-refractivity contribution >= 4 is 12.0 Å². The minimum absolute atomic E-state index is 0.0974. The molecule has 134 valence electrons. The normalized spacial score (nSPS) is 15.7. The van der Waals surface area contributed by atoms with Crippen molar-refractivity contribution in [2.24, 2.45) is 0 Å². The molecule has 7 heteroatoms. The number of likely N-dealkylation sites (tertiary alicyclic amines) is 1. The van der Waals surface area contributed by atoms with Crippen molar-refractivity contribution in [3.8, 4) is 0 Å². The predicted molar refractivity (Wildman–Crippen MR) is 90.4 cm³/mol. The molecule has 2 N–H and O–H groups in total. The molecule has 7 nitrogen and oxygen atoms in total. The van der Waals surface area contributed by atoms with Gasteiger partial charge in [0.05, 0.1) is 6.61 Å². The molecular weight excluding hydrogens is 296 g/mol. The third-order valence-electron chi connectivity index (χ3n) is 3.91. The standard InChI is InChI=1S/C16H32N4O3/c1-4-23-16(22)20-12-7-14(8-13-20)17-10-6-15(21)18-9-5-11-19(2)3/h14,17H,4-13H2,1-3H3,(H,18,21). The summed E-state index contributed by atoms with van der Waals surface area (Å²) in [6.07, 6.45) is 3.06. The van der Waals surface area contributed by atoms with Crippen LogP contribution in [0.3, 0.4) is 0 Å². The maximum Gasteiger partial charge on any atom is 0.409 e. The van der Waals surface area contributed by atoms with Crippen molar-refractivity contribution in [2.45, 2.75) is 38.6 Å². The zero-order valence-electron chi connectivity index (χ0n) is 14.8. The lowest BCUT2D eigenvalue weighted by atomic mass is 10.1. The largest absolute Gasteiger partial charge is 0.450 e. The number of amides is 2. The van der Waals surface area contributed by atoms with Crippen LogP contribution in [-0.2, 0) is 9.53 Å². The number of hydrogen-bond donors (Lipinski definition) is 2. The van der Waals surface area contributed by atoms with Gasteiger partial charge < -0.3 is 25.2 Å². The van der Waals surface area contributed by atoms with E-state index in [1.807, 2.05) is 21.0 Å². The van der Waals surface area contributed by atoms with Crippen LogP contribution < -0.4 is 10.6 Å². The zero-order chi connectivity index (χ0) is 17.1. The molecule has 0 aromatic rings. The summed E-state index contributed by atoms with van der Waals surface area (Å²) in [4.78, 5) is 27.2. The van der Waals surface area contributed by atoms with Crippen LogP contribution in [0.1, 0.15) is 32.6 Å². The van der Waals surface area contributed by atoms with Gasteiger partial charge in [0.2, 0.25) is 5.91 Å². The lowest BCUT2D eigenvalue weighted by molar-refractivity contribution is -0.121. The summed E-state index contributed by atoms with van der Waals surface area (Å²) in [5.41, 5.74) is 0. The Morgan fingerprint density at radius 1 is 1.22 bits per heavy atom. The molecule has 0 unspecified atom stereocenters. The molecule has 0 aliphatic carbocycles. The molecule has 0 aromatic heterocycles. The Bertz CT molecular complexity index is 355. The molecule has 1 fully saturated rings. The van der Waals surface area contributed by atoms with Crippen LogP contribution >= 0.6 is 0 Å². The second-order valence-electron chi connectivity index (χ2n) is 6.17. The highest BCUT2D eigenvalue weighted by Crippen LogP contribution is 2.11. The SMILES string of the molecule is CCOC(=O)N1CCC(NCCC(=O)NCCCN(C)C)CC1. The van der Waals surface area contributed by atoms with Crippen molar-refractivity contribution in [2.75, 3.05) is 53.4 Å². The number of nitrogens with one attached hydrogen (secondary N) is 2. The number of carbonyl (C=O) groups excluding carboxylic acids is 2. The smallest absolute Gasteiger partial charge is 0.409 e. The first-order chi connectivity index (χ1) is 11.0. The second kappa shape index (κ2) is 11.2. The number of nitrogens with zero attached hydrogens (tertiary/aromatic N) is 2. The molecule has 0 radical (unpaired) electrons. The van der Waals surface area contributed by atoms with E-state index >= 15 is 0 Å². The van der Waals surface area contributed by atoms with Crippen molar-refractivity contribution in [1.29, 1.82) is 0 Å². The first kappa shape index (κ1) is 19.7. The van der Waals surface area contributed by atoms with Gasteiger partial charge in [0.1, 0.15) is 0 Å². The molecule has 0 spiro atoms. The maximum atomic E-state index is 11.7. The Kier molecular flexibility index (Phi) is 9.63. The average Bonchev–Trinajstić information content (AvgIpc) is 2.52. The van der Waals surface area contributed by atoms with Gasteiger partial charge in [-0.3, -0.25) is 4.79 Å². The van der Waals surface area contributed by atoms with E-state index in [-0.39, 0.29) is 12.0 Å². The molecule has 1 aliphatic heterocycles. The fourth-order valence-corrected chi connectivity index (χ4v) is 2.58. The van der Waals surface area contributed by atoms with Gasteiger partial charge in [-0.2, -0.15) is 0 Å². The van der Waals surface area contributed by atoms with Crippen LogP contribution in [0.4, 0.5) is 4.79 Å². The topological polar surface area (TPSA) is 73.9 Å². The van der Waals surface area contributed by atoms with Gasteiger partial charge in [-0.15, -0.1) is 0 Å². The average molecular weight is 328 g/mol. The van der Waals surface area contributed by atoms with Crippen LogP contribution in [0.2, 0.25) is 0 Å². The van der Waals surface area contributed by atoms with Gasteiger partial charge in [0.25, 0.3) is 0 Å². The fourth-order valence-electron chi connectivity index (χ4n) is 2.58. The monoisotopic (exact) mass is 328 g/mol. The number of hydrogen-bond acceptors (Lipinski definition) is 5. The lowest BCUT2D eigenvalue weighted by Crippen LogP contribution is -2.45. The van der Waals surface area contributed by atoms with E-state index in [2.05, 4.69) is 15.5 Å². The number of ether oxygens (including phenoxy) is 1. The Labute approximate surface area is 139 Å². The van der Waals surface area contributed by atoms with Crippen LogP contribution in [-0.4, -0.2) is 81.3 Å². The Hall–Kier alpha value is -1.34.